The molecule has 0 saturated heterocycles. The van der Waals surface area contributed by atoms with Crippen molar-refractivity contribution in [3.8, 4) is 0 Å². The lowest BCUT2D eigenvalue weighted by Crippen LogP contribution is -2.47. The summed E-state index contributed by atoms with van der Waals surface area (Å²) in [5, 5.41) is 7.30. The van der Waals surface area contributed by atoms with Crippen molar-refractivity contribution in [2.24, 2.45) is 0 Å². The van der Waals surface area contributed by atoms with Crippen LogP contribution in [0.4, 0.5) is 5.69 Å². The molecular formula is C26H24N4O4S. The molecule has 1 unspecified atom stereocenters. The minimum Gasteiger partial charge on any atom is -0.467 e. The second kappa shape index (κ2) is 11.3. The van der Waals surface area contributed by atoms with Crippen LogP contribution in [0.5, 0.6) is 0 Å². The highest BCUT2D eigenvalue weighted by Crippen LogP contribution is 2.28. The van der Waals surface area contributed by atoms with E-state index in [0.717, 1.165) is 5.56 Å². The zero-order valence-corrected chi connectivity index (χ0v) is 19.8. The molecule has 1 aromatic carbocycles. The van der Waals surface area contributed by atoms with Gasteiger partial charge in [-0.05, 0) is 48.2 Å². The van der Waals surface area contributed by atoms with Crippen molar-refractivity contribution in [1.82, 2.24) is 15.6 Å². The molecule has 0 aliphatic rings. The normalized spacial score (nSPS) is 11.5. The number of aromatic nitrogens is 1. The maximum atomic E-state index is 13.5. The summed E-state index contributed by atoms with van der Waals surface area (Å²) in [5.74, 6) is -0.620. The molecule has 0 spiro atoms. The van der Waals surface area contributed by atoms with Crippen LogP contribution in [0, 0.1) is 6.92 Å². The number of carbonyl (C=O) groups is 3. The number of thiophene rings is 1. The summed E-state index contributed by atoms with van der Waals surface area (Å²) in [5.41, 5.74) is 2.07. The van der Waals surface area contributed by atoms with Gasteiger partial charge in [0.05, 0.1) is 36.1 Å². The number of anilines is 1. The van der Waals surface area contributed by atoms with E-state index in [0.29, 0.717) is 21.9 Å². The maximum absolute atomic E-state index is 13.5. The number of nitrogens with one attached hydrogen (secondary N) is 2. The number of benzene rings is 1. The summed E-state index contributed by atoms with van der Waals surface area (Å²) in [6.45, 7) is 1.82. The summed E-state index contributed by atoms with van der Waals surface area (Å²) in [7, 11) is 0. The Bertz CT molecular complexity index is 1260. The molecule has 0 radical (unpaired) electrons. The number of hydrogen-bond donors (Lipinski definition) is 2. The minimum absolute atomic E-state index is 0.165. The third-order valence-electron chi connectivity index (χ3n) is 5.25. The molecule has 4 rings (SSSR count). The van der Waals surface area contributed by atoms with Crippen molar-refractivity contribution in [1.29, 1.82) is 0 Å². The van der Waals surface area contributed by atoms with E-state index in [2.05, 4.69) is 15.6 Å². The van der Waals surface area contributed by atoms with Crippen LogP contribution in [-0.2, 0) is 16.1 Å². The second-order valence-corrected chi connectivity index (χ2v) is 8.69. The van der Waals surface area contributed by atoms with Crippen molar-refractivity contribution in [3.63, 3.8) is 0 Å². The first kappa shape index (κ1) is 23.9. The molecule has 0 aliphatic heterocycles. The number of carbonyl (C=O) groups excluding carboxylic acids is 3. The van der Waals surface area contributed by atoms with Gasteiger partial charge < -0.3 is 15.1 Å². The van der Waals surface area contributed by atoms with Crippen molar-refractivity contribution >= 4 is 34.7 Å². The maximum Gasteiger partial charge on any atom is 0.261 e. The molecule has 3 heterocycles. The third-order valence-corrected chi connectivity index (χ3v) is 6.12. The molecule has 0 saturated carbocycles. The molecule has 8 nitrogen and oxygen atoms in total. The lowest BCUT2D eigenvalue weighted by molar-refractivity contribution is -0.126. The number of nitrogens with zero attached hydrogens (tertiary/aromatic N) is 2. The van der Waals surface area contributed by atoms with E-state index in [-0.39, 0.29) is 19.0 Å². The van der Waals surface area contributed by atoms with Gasteiger partial charge in [0.15, 0.2) is 0 Å². The number of pyridine rings is 1. The predicted octanol–water partition coefficient (Wildman–Crippen LogP) is 3.87. The molecule has 178 valence electrons. The Hall–Kier alpha value is -4.24. The third kappa shape index (κ3) is 6.01. The Balaban J connectivity index is 1.64. The fourth-order valence-corrected chi connectivity index (χ4v) is 4.16. The second-order valence-electron chi connectivity index (χ2n) is 7.75. The lowest BCUT2D eigenvalue weighted by atomic mass is 10.0. The number of aryl methyl sites for hydroxylation is 1. The highest BCUT2D eigenvalue weighted by molar-refractivity contribution is 7.12. The summed E-state index contributed by atoms with van der Waals surface area (Å²) < 4.78 is 5.33. The molecule has 2 N–H and O–H groups in total. The van der Waals surface area contributed by atoms with E-state index in [1.165, 1.54) is 28.7 Å². The molecule has 0 aliphatic carbocycles. The Morgan fingerprint density at radius 1 is 1.03 bits per heavy atom. The quantitative estimate of drug-likeness (QED) is 0.372. The van der Waals surface area contributed by atoms with Crippen molar-refractivity contribution in [2.45, 2.75) is 19.5 Å². The van der Waals surface area contributed by atoms with E-state index in [9.17, 15) is 14.4 Å². The highest BCUT2D eigenvalue weighted by atomic mass is 32.1. The van der Waals surface area contributed by atoms with Gasteiger partial charge in [-0.1, -0.05) is 35.9 Å². The van der Waals surface area contributed by atoms with Crippen LogP contribution in [0.3, 0.4) is 0 Å². The van der Waals surface area contributed by atoms with Crippen LogP contribution in [0.1, 0.15) is 32.6 Å². The first-order valence-corrected chi connectivity index (χ1v) is 11.8. The van der Waals surface area contributed by atoms with Crippen molar-refractivity contribution in [2.75, 3.05) is 11.4 Å². The van der Waals surface area contributed by atoms with E-state index in [1.807, 2.05) is 31.2 Å². The average Bonchev–Trinajstić information content (AvgIpc) is 3.60. The SMILES string of the molecule is Cc1ccc(C(C(=O)NCc2ccco2)N(C(=O)CNC(=O)c2cccs2)c2cccnc2)cc1. The predicted molar refractivity (Wildman–Crippen MR) is 133 cm³/mol. The Labute approximate surface area is 206 Å². The average molecular weight is 489 g/mol. The highest BCUT2D eigenvalue weighted by Gasteiger charge is 2.33. The van der Waals surface area contributed by atoms with Crippen molar-refractivity contribution < 1.29 is 18.8 Å². The molecule has 3 amide bonds. The molecule has 0 fully saturated rings. The fraction of sp³-hybridized carbons (Fsp3) is 0.154. The summed E-state index contributed by atoms with van der Waals surface area (Å²) >= 11 is 1.28. The number of furan rings is 1. The van der Waals surface area contributed by atoms with E-state index < -0.39 is 17.9 Å². The number of hydrogen-bond acceptors (Lipinski definition) is 6. The van der Waals surface area contributed by atoms with Gasteiger partial charge in [0.25, 0.3) is 5.91 Å². The Kier molecular flexibility index (Phi) is 7.69. The van der Waals surface area contributed by atoms with Gasteiger partial charge in [0, 0.05) is 6.20 Å². The molecule has 4 aromatic rings. The summed E-state index contributed by atoms with van der Waals surface area (Å²) in [6, 6.07) is 16.7. The van der Waals surface area contributed by atoms with Gasteiger partial charge >= 0.3 is 0 Å². The minimum atomic E-state index is -0.999. The molecule has 3 aromatic heterocycles. The van der Waals surface area contributed by atoms with Crippen molar-refractivity contribution in [3.05, 3.63) is 106 Å². The van der Waals surface area contributed by atoms with Gasteiger partial charge in [-0.3, -0.25) is 24.3 Å². The van der Waals surface area contributed by atoms with Gasteiger partial charge in [0.1, 0.15) is 11.8 Å². The zero-order chi connectivity index (χ0) is 24.6. The first-order valence-electron chi connectivity index (χ1n) is 10.9. The molecule has 0 bridgehead atoms. The van der Waals surface area contributed by atoms with Gasteiger partial charge in [-0.15, -0.1) is 11.3 Å². The van der Waals surface area contributed by atoms with Crippen LogP contribution in [-0.4, -0.2) is 29.3 Å². The van der Waals surface area contributed by atoms with Crippen LogP contribution in [0.25, 0.3) is 0 Å². The zero-order valence-electron chi connectivity index (χ0n) is 19.0. The van der Waals surface area contributed by atoms with E-state index >= 15 is 0 Å². The van der Waals surface area contributed by atoms with Crippen LogP contribution < -0.4 is 15.5 Å². The standard InChI is InChI=1S/C26H24N4O4S/c1-18-8-10-19(11-9-18)24(26(33)28-16-21-6-3-13-34-21)30(20-5-2-12-27-15-20)23(31)17-29-25(32)22-7-4-14-35-22/h2-15,24H,16-17H2,1H3,(H,28,33)(H,29,32). The number of amides is 3. The number of rotatable bonds is 9. The first-order chi connectivity index (χ1) is 17.0. The van der Waals surface area contributed by atoms with Crippen LogP contribution in [0.15, 0.2) is 89.1 Å². The lowest BCUT2D eigenvalue weighted by Gasteiger charge is -2.31. The van der Waals surface area contributed by atoms with Crippen LogP contribution >= 0.6 is 11.3 Å². The molecule has 9 heteroatoms. The molecular weight excluding hydrogens is 464 g/mol. The van der Waals surface area contributed by atoms with Crippen LogP contribution in [0.2, 0.25) is 0 Å². The Morgan fingerprint density at radius 2 is 1.86 bits per heavy atom. The van der Waals surface area contributed by atoms with E-state index in [4.69, 9.17) is 4.42 Å². The topological polar surface area (TPSA) is 105 Å². The summed E-state index contributed by atoms with van der Waals surface area (Å²) in [4.78, 5) is 45.5. The van der Waals surface area contributed by atoms with Gasteiger partial charge in [0.2, 0.25) is 11.8 Å². The van der Waals surface area contributed by atoms with Gasteiger partial charge in [-0.25, -0.2) is 0 Å². The largest absolute Gasteiger partial charge is 0.467 e. The Morgan fingerprint density at radius 3 is 2.51 bits per heavy atom. The molecule has 35 heavy (non-hydrogen) atoms. The summed E-state index contributed by atoms with van der Waals surface area (Å²) in [6.07, 6.45) is 4.63. The smallest absolute Gasteiger partial charge is 0.261 e. The fourth-order valence-electron chi connectivity index (χ4n) is 3.52. The monoisotopic (exact) mass is 488 g/mol. The van der Waals surface area contributed by atoms with Gasteiger partial charge in [-0.2, -0.15) is 0 Å². The molecule has 1 atom stereocenters. The van der Waals surface area contributed by atoms with E-state index in [1.54, 1.807) is 48.0 Å².